The van der Waals surface area contributed by atoms with Crippen molar-refractivity contribution in [3.8, 4) is 22.3 Å². The Labute approximate surface area is 349 Å². The van der Waals surface area contributed by atoms with Gasteiger partial charge in [-0.2, -0.15) is 0 Å². The molecular formula is C55H36N2S. The molecule has 9 aromatic carbocycles. The van der Waals surface area contributed by atoms with E-state index in [0.717, 1.165) is 50.4 Å². The molecule has 0 radical (unpaired) electrons. The van der Waals surface area contributed by atoms with Crippen LogP contribution in [0.3, 0.4) is 0 Å². The van der Waals surface area contributed by atoms with E-state index >= 15 is 0 Å². The predicted octanol–water partition coefficient (Wildman–Crippen LogP) is 15.3. The lowest BCUT2D eigenvalue weighted by atomic mass is 9.70. The van der Waals surface area contributed by atoms with Crippen LogP contribution in [0.4, 0.5) is 34.1 Å². The molecule has 272 valence electrons. The Bertz CT molecular complexity index is 3470. The maximum atomic E-state index is 9.11. The smallest absolute Gasteiger partial charge is 0.0726 e. The third-order valence-corrected chi connectivity index (χ3v) is 13.1. The van der Waals surface area contributed by atoms with Crippen molar-refractivity contribution in [2.24, 2.45) is 0 Å². The highest BCUT2D eigenvalue weighted by Crippen LogP contribution is 2.64. The zero-order valence-electron chi connectivity index (χ0n) is 36.2. The summed E-state index contributed by atoms with van der Waals surface area (Å²) in [4.78, 5) is 4.17. The minimum Gasteiger partial charge on any atom is -0.310 e. The number of rotatable bonds is 6. The summed E-state index contributed by atoms with van der Waals surface area (Å²) >= 11 is 1.82. The van der Waals surface area contributed by atoms with Crippen molar-refractivity contribution in [2.75, 3.05) is 9.80 Å². The molecule has 12 rings (SSSR count). The topological polar surface area (TPSA) is 6.48 Å². The Morgan fingerprint density at radius 2 is 0.862 bits per heavy atom. The van der Waals surface area contributed by atoms with Gasteiger partial charge in [0.1, 0.15) is 0 Å². The molecule has 1 heterocycles. The normalized spacial score (nSPS) is 15.8. The first-order valence-corrected chi connectivity index (χ1v) is 20.3. The zero-order valence-corrected chi connectivity index (χ0v) is 32.0. The van der Waals surface area contributed by atoms with Gasteiger partial charge in [-0.05, 0) is 129 Å². The number of hydrogen-bond donors (Lipinski definition) is 0. The van der Waals surface area contributed by atoms with Gasteiger partial charge in [0.05, 0.1) is 12.3 Å². The first-order chi connectivity index (χ1) is 30.8. The van der Waals surface area contributed by atoms with Crippen molar-refractivity contribution in [3.05, 3.63) is 241 Å². The Balaban J connectivity index is 1.10. The molecule has 0 saturated carbocycles. The summed E-state index contributed by atoms with van der Waals surface area (Å²) in [6, 6.07) is 64.5. The van der Waals surface area contributed by atoms with Gasteiger partial charge in [-0.25, -0.2) is 0 Å². The van der Waals surface area contributed by atoms with Crippen LogP contribution in [-0.4, -0.2) is 0 Å². The van der Waals surface area contributed by atoms with E-state index in [4.69, 9.17) is 6.85 Å². The molecule has 0 fully saturated rings. The van der Waals surface area contributed by atoms with E-state index < -0.39 is 11.5 Å². The number of hydrogen-bond acceptors (Lipinski definition) is 3. The van der Waals surface area contributed by atoms with Gasteiger partial charge in [0, 0.05) is 54.3 Å². The molecule has 0 N–H and O–H groups in total. The highest BCUT2D eigenvalue weighted by atomic mass is 32.1. The summed E-state index contributed by atoms with van der Waals surface area (Å²) in [5.41, 5.74) is 13.1. The SMILES string of the molecule is [2H]c1c([2H])c([2H])c(N(c2ccccc2)c2ccc3c(c2)C2(c4ccccc4-c4cc(N(c5ccccc5)c5ccc6sc7ccccc7c6c5)ccc42)c2ccccc2-3)c([2H])c1[2H]. The van der Waals surface area contributed by atoms with Crippen molar-refractivity contribution >= 4 is 65.6 Å². The second-order valence-electron chi connectivity index (χ2n) is 14.9. The summed E-state index contributed by atoms with van der Waals surface area (Å²) in [6.45, 7) is 0. The van der Waals surface area contributed by atoms with Crippen LogP contribution < -0.4 is 9.80 Å². The molecule has 1 aromatic heterocycles. The number of nitrogens with zero attached hydrogens (tertiary/aromatic N) is 2. The van der Waals surface area contributed by atoms with E-state index in [1.54, 1.807) is 0 Å². The number of benzene rings is 9. The molecule has 3 heteroatoms. The van der Waals surface area contributed by atoms with E-state index in [0.29, 0.717) is 11.4 Å². The van der Waals surface area contributed by atoms with Crippen LogP contribution in [0.25, 0.3) is 42.4 Å². The molecule has 1 atom stereocenters. The highest BCUT2D eigenvalue weighted by molar-refractivity contribution is 7.25. The minimum absolute atomic E-state index is 0.100. The van der Waals surface area contributed by atoms with Gasteiger partial charge < -0.3 is 9.80 Å². The fourth-order valence-corrected chi connectivity index (χ4v) is 10.7. The van der Waals surface area contributed by atoms with Crippen LogP contribution in [0.2, 0.25) is 0 Å². The van der Waals surface area contributed by atoms with Gasteiger partial charge in [-0.3, -0.25) is 0 Å². The number of thiophene rings is 1. The van der Waals surface area contributed by atoms with Crippen LogP contribution in [0, 0.1) is 0 Å². The van der Waals surface area contributed by atoms with E-state index in [2.05, 4.69) is 157 Å². The van der Waals surface area contributed by atoms with E-state index in [1.165, 1.54) is 31.3 Å². The van der Waals surface area contributed by atoms with E-state index in [-0.39, 0.29) is 29.9 Å². The Morgan fingerprint density at radius 3 is 1.60 bits per heavy atom. The van der Waals surface area contributed by atoms with Gasteiger partial charge in [-0.15, -0.1) is 11.3 Å². The Hall–Kier alpha value is -7.20. The molecule has 0 aliphatic heterocycles. The minimum atomic E-state index is -0.708. The zero-order chi connectivity index (χ0) is 42.6. The molecule has 2 aliphatic rings. The molecule has 2 nitrogen and oxygen atoms in total. The van der Waals surface area contributed by atoms with Gasteiger partial charge in [0.25, 0.3) is 0 Å². The molecule has 1 spiro atoms. The number of para-hydroxylation sites is 3. The van der Waals surface area contributed by atoms with Crippen molar-refractivity contribution in [3.63, 3.8) is 0 Å². The lowest BCUT2D eigenvalue weighted by Crippen LogP contribution is -2.26. The third kappa shape index (κ3) is 4.78. The van der Waals surface area contributed by atoms with Crippen molar-refractivity contribution < 1.29 is 6.85 Å². The molecule has 0 saturated heterocycles. The highest BCUT2D eigenvalue weighted by Gasteiger charge is 2.52. The van der Waals surface area contributed by atoms with E-state index in [1.807, 2.05) is 52.6 Å². The number of anilines is 6. The summed E-state index contributed by atoms with van der Waals surface area (Å²) in [7, 11) is 0. The van der Waals surface area contributed by atoms with Crippen LogP contribution in [0.15, 0.2) is 218 Å². The Morgan fingerprint density at radius 1 is 0.345 bits per heavy atom. The maximum absolute atomic E-state index is 9.11. The van der Waals surface area contributed by atoms with E-state index in [9.17, 15) is 0 Å². The van der Waals surface area contributed by atoms with Crippen LogP contribution in [0.5, 0.6) is 0 Å². The maximum Gasteiger partial charge on any atom is 0.0726 e. The quantitative estimate of drug-likeness (QED) is 0.166. The average molecular weight is 762 g/mol. The summed E-state index contributed by atoms with van der Waals surface area (Å²) in [6.07, 6.45) is 0. The molecule has 10 aromatic rings. The first kappa shape index (κ1) is 28.2. The summed E-state index contributed by atoms with van der Waals surface area (Å²) in [5.74, 6) is 0. The molecule has 0 bridgehead atoms. The lowest BCUT2D eigenvalue weighted by molar-refractivity contribution is 0.793. The fourth-order valence-electron chi connectivity index (χ4n) is 9.62. The van der Waals surface area contributed by atoms with Gasteiger partial charge in [-0.1, -0.05) is 133 Å². The number of fused-ring (bicyclic) bond motifs is 13. The van der Waals surface area contributed by atoms with Crippen LogP contribution >= 0.6 is 11.3 Å². The second kappa shape index (κ2) is 12.9. The average Bonchev–Trinajstić information content (AvgIpc) is 3.96. The lowest BCUT2D eigenvalue weighted by Gasteiger charge is -2.32. The molecule has 2 aliphatic carbocycles. The molecule has 58 heavy (non-hydrogen) atoms. The van der Waals surface area contributed by atoms with Crippen molar-refractivity contribution in [1.29, 1.82) is 0 Å². The van der Waals surface area contributed by atoms with Crippen LogP contribution in [0.1, 0.15) is 29.1 Å². The molecule has 0 amide bonds. The summed E-state index contributed by atoms with van der Waals surface area (Å²) < 4.78 is 46.4. The third-order valence-electron chi connectivity index (χ3n) is 11.9. The standard InChI is InChI=1S/C55H36N2S/c1-4-16-37(17-5-1)56(38-18-6-2-7-19-38)42-28-31-45-43-22-10-13-25-49(43)55(52(45)36-42)50-26-14-11-23-44(50)47-34-40(29-32-51(47)55)57(39-20-8-3-9-21-39)41-30-33-54-48(35-41)46-24-12-15-27-53(46)58-54/h1-36H/i1D,4D,5D,16D,17D. The first-order valence-electron chi connectivity index (χ1n) is 22.0. The van der Waals surface area contributed by atoms with Gasteiger partial charge in [0.15, 0.2) is 0 Å². The summed E-state index contributed by atoms with van der Waals surface area (Å²) in [5, 5.41) is 2.50. The predicted molar refractivity (Wildman–Crippen MR) is 245 cm³/mol. The van der Waals surface area contributed by atoms with Crippen molar-refractivity contribution in [1.82, 2.24) is 0 Å². The van der Waals surface area contributed by atoms with Gasteiger partial charge >= 0.3 is 0 Å². The molecule has 1 unspecified atom stereocenters. The fraction of sp³-hybridized carbons (Fsp3) is 0.0182. The van der Waals surface area contributed by atoms with Crippen molar-refractivity contribution in [2.45, 2.75) is 5.41 Å². The largest absolute Gasteiger partial charge is 0.310 e. The monoisotopic (exact) mass is 761 g/mol. The molecular weight excluding hydrogens is 721 g/mol. The Kier molecular flexibility index (Phi) is 6.29. The van der Waals surface area contributed by atoms with Crippen LogP contribution in [-0.2, 0) is 5.41 Å². The second-order valence-corrected chi connectivity index (χ2v) is 16.0. The van der Waals surface area contributed by atoms with Gasteiger partial charge in [0.2, 0.25) is 0 Å².